The molecule has 1 aromatic heterocycles. The number of unbranched alkanes of at least 4 members (excludes halogenated alkanes) is 1. The Hall–Kier alpha value is -2.40. The zero-order valence-electron chi connectivity index (χ0n) is 14.7. The number of pyridine rings is 1. The van der Waals surface area contributed by atoms with Crippen LogP contribution >= 0.6 is 0 Å². The molecule has 1 saturated heterocycles. The van der Waals surface area contributed by atoms with E-state index in [2.05, 4.69) is 51.7 Å². The number of nitrogens with zero attached hydrogens (tertiary/aromatic N) is 2. The Morgan fingerprint density at radius 1 is 1.32 bits per heavy atom. The Morgan fingerprint density at radius 2 is 2.16 bits per heavy atom. The Morgan fingerprint density at radius 3 is 2.96 bits per heavy atom. The molecule has 1 fully saturated rings. The fourth-order valence-corrected chi connectivity index (χ4v) is 3.08. The maximum absolute atomic E-state index is 12.3. The van der Waals surface area contributed by atoms with Crippen LogP contribution in [0.15, 0.2) is 48.7 Å². The predicted molar refractivity (Wildman–Crippen MR) is 101 cm³/mol. The van der Waals surface area contributed by atoms with Crippen molar-refractivity contribution in [1.82, 2.24) is 15.6 Å². The van der Waals surface area contributed by atoms with Crippen LogP contribution in [0.3, 0.4) is 0 Å². The van der Waals surface area contributed by atoms with Crippen molar-refractivity contribution in [2.45, 2.75) is 25.8 Å². The molecule has 5 nitrogen and oxygen atoms in total. The van der Waals surface area contributed by atoms with Crippen LogP contribution in [0, 0.1) is 0 Å². The molecule has 0 bridgehead atoms. The number of aromatic nitrogens is 1. The lowest BCUT2D eigenvalue weighted by Crippen LogP contribution is -2.46. The third kappa shape index (κ3) is 4.57. The number of piperazine rings is 1. The van der Waals surface area contributed by atoms with Gasteiger partial charge in [-0.15, -0.1) is 0 Å². The zero-order valence-corrected chi connectivity index (χ0v) is 14.7. The highest BCUT2D eigenvalue weighted by atomic mass is 16.1. The van der Waals surface area contributed by atoms with Gasteiger partial charge in [0.05, 0.1) is 0 Å². The van der Waals surface area contributed by atoms with Crippen LogP contribution in [0.2, 0.25) is 0 Å². The summed E-state index contributed by atoms with van der Waals surface area (Å²) in [6, 6.07) is 14.4. The van der Waals surface area contributed by atoms with Crippen LogP contribution in [0.1, 0.15) is 41.7 Å². The molecule has 132 valence electrons. The van der Waals surface area contributed by atoms with Crippen molar-refractivity contribution in [3.05, 3.63) is 59.8 Å². The van der Waals surface area contributed by atoms with Crippen LogP contribution in [0.4, 0.5) is 5.82 Å². The van der Waals surface area contributed by atoms with Gasteiger partial charge in [-0.2, -0.15) is 0 Å². The van der Waals surface area contributed by atoms with E-state index in [4.69, 9.17) is 0 Å². The van der Waals surface area contributed by atoms with E-state index in [1.54, 1.807) is 12.3 Å². The molecule has 25 heavy (non-hydrogen) atoms. The summed E-state index contributed by atoms with van der Waals surface area (Å²) in [4.78, 5) is 19.0. The first-order valence-corrected chi connectivity index (χ1v) is 9.05. The summed E-state index contributed by atoms with van der Waals surface area (Å²) in [7, 11) is 0. The van der Waals surface area contributed by atoms with Gasteiger partial charge in [-0.3, -0.25) is 4.79 Å². The molecule has 1 unspecified atom stereocenters. The number of carbonyl (C=O) groups excluding carboxylic acids is 1. The summed E-state index contributed by atoms with van der Waals surface area (Å²) in [6.45, 7) is 5.46. The van der Waals surface area contributed by atoms with Crippen molar-refractivity contribution in [1.29, 1.82) is 0 Å². The first kappa shape index (κ1) is 17.4. The predicted octanol–water partition coefficient (Wildman–Crippen LogP) is 2.76. The maximum Gasteiger partial charge on any atom is 0.251 e. The average molecular weight is 338 g/mol. The van der Waals surface area contributed by atoms with Gasteiger partial charge in [-0.25, -0.2) is 4.98 Å². The summed E-state index contributed by atoms with van der Waals surface area (Å²) in [5, 5.41) is 6.53. The van der Waals surface area contributed by atoms with E-state index in [1.807, 2.05) is 12.1 Å². The number of benzene rings is 1. The van der Waals surface area contributed by atoms with Gasteiger partial charge in [0.15, 0.2) is 0 Å². The van der Waals surface area contributed by atoms with E-state index in [-0.39, 0.29) is 11.9 Å². The smallest absolute Gasteiger partial charge is 0.251 e. The normalized spacial score (nSPS) is 17.3. The lowest BCUT2D eigenvalue weighted by atomic mass is 10.0. The van der Waals surface area contributed by atoms with Crippen LogP contribution in [0.5, 0.6) is 0 Å². The largest absolute Gasteiger partial charge is 0.353 e. The van der Waals surface area contributed by atoms with Gasteiger partial charge in [0.25, 0.3) is 5.91 Å². The molecule has 1 amide bonds. The van der Waals surface area contributed by atoms with E-state index in [0.717, 1.165) is 44.8 Å². The molecule has 0 spiro atoms. The Labute approximate surface area is 149 Å². The highest BCUT2D eigenvalue weighted by Crippen LogP contribution is 2.21. The number of hydrogen-bond donors (Lipinski definition) is 2. The van der Waals surface area contributed by atoms with Gasteiger partial charge in [-0.1, -0.05) is 43.7 Å². The van der Waals surface area contributed by atoms with Gasteiger partial charge >= 0.3 is 0 Å². The van der Waals surface area contributed by atoms with Crippen molar-refractivity contribution in [2.75, 3.05) is 31.1 Å². The molecule has 2 heterocycles. The number of hydrogen-bond acceptors (Lipinski definition) is 4. The molecule has 0 radical (unpaired) electrons. The topological polar surface area (TPSA) is 57.3 Å². The zero-order chi connectivity index (χ0) is 17.5. The monoisotopic (exact) mass is 338 g/mol. The second-order valence-electron chi connectivity index (χ2n) is 6.38. The van der Waals surface area contributed by atoms with Crippen LogP contribution in [0.25, 0.3) is 0 Å². The van der Waals surface area contributed by atoms with E-state index < -0.39 is 0 Å². The molecule has 0 aliphatic carbocycles. The Kier molecular flexibility index (Phi) is 6.01. The van der Waals surface area contributed by atoms with Crippen molar-refractivity contribution in [2.24, 2.45) is 0 Å². The van der Waals surface area contributed by atoms with Gasteiger partial charge in [0.1, 0.15) is 5.82 Å². The van der Waals surface area contributed by atoms with E-state index in [0.29, 0.717) is 5.56 Å². The Bertz CT molecular complexity index is 689. The lowest BCUT2D eigenvalue weighted by molar-refractivity contribution is 0.0953. The minimum absolute atomic E-state index is 0.0214. The molecular formula is C20H26N4O. The van der Waals surface area contributed by atoms with E-state index in [9.17, 15) is 4.79 Å². The fourth-order valence-electron chi connectivity index (χ4n) is 3.08. The third-order valence-electron chi connectivity index (χ3n) is 4.52. The lowest BCUT2D eigenvalue weighted by Gasteiger charge is -2.34. The average Bonchev–Trinajstić information content (AvgIpc) is 2.69. The molecule has 0 saturated carbocycles. The minimum atomic E-state index is -0.0214. The van der Waals surface area contributed by atoms with Crippen LogP contribution in [-0.4, -0.2) is 37.1 Å². The quantitative estimate of drug-likeness (QED) is 0.795. The molecule has 2 aromatic rings. The second kappa shape index (κ2) is 8.62. The summed E-state index contributed by atoms with van der Waals surface area (Å²) in [6.07, 6.45) is 3.80. The van der Waals surface area contributed by atoms with Crippen LogP contribution in [-0.2, 0) is 0 Å². The Balaban J connectivity index is 1.69. The first-order chi connectivity index (χ1) is 12.3. The standard InChI is InChI=1S/C20H26N4O/c1-2-3-10-23-20(25)17-9-11-22-19(14-17)24-13-12-21-18(15-24)16-7-5-4-6-8-16/h4-9,11,14,18,21H,2-3,10,12-13,15H2,1H3,(H,23,25). The minimum Gasteiger partial charge on any atom is -0.353 e. The molecule has 5 heteroatoms. The van der Waals surface area contributed by atoms with Crippen molar-refractivity contribution in [3.8, 4) is 0 Å². The maximum atomic E-state index is 12.3. The fraction of sp³-hybridized carbons (Fsp3) is 0.400. The van der Waals surface area contributed by atoms with Crippen molar-refractivity contribution >= 4 is 11.7 Å². The summed E-state index contributed by atoms with van der Waals surface area (Å²) in [5.74, 6) is 0.845. The van der Waals surface area contributed by atoms with Gasteiger partial charge in [0, 0.05) is 44.0 Å². The first-order valence-electron chi connectivity index (χ1n) is 9.05. The highest BCUT2D eigenvalue weighted by Gasteiger charge is 2.22. The van der Waals surface area contributed by atoms with Crippen molar-refractivity contribution < 1.29 is 4.79 Å². The summed E-state index contributed by atoms with van der Waals surface area (Å²) in [5.41, 5.74) is 1.96. The van der Waals surface area contributed by atoms with Crippen LogP contribution < -0.4 is 15.5 Å². The van der Waals surface area contributed by atoms with Gasteiger partial charge in [0.2, 0.25) is 0 Å². The molecule has 3 rings (SSSR count). The molecule has 1 aliphatic rings. The number of anilines is 1. The second-order valence-corrected chi connectivity index (χ2v) is 6.38. The molecule has 1 atom stereocenters. The number of nitrogens with one attached hydrogen (secondary N) is 2. The molecule has 2 N–H and O–H groups in total. The molecule has 1 aliphatic heterocycles. The molecule has 1 aromatic carbocycles. The number of rotatable bonds is 6. The third-order valence-corrected chi connectivity index (χ3v) is 4.52. The SMILES string of the molecule is CCCCNC(=O)c1ccnc(N2CCNC(c3ccccc3)C2)c1. The van der Waals surface area contributed by atoms with Gasteiger partial charge in [-0.05, 0) is 24.1 Å². The van der Waals surface area contributed by atoms with E-state index >= 15 is 0 Å². The highest BCUT2D eigenvalue weighted by molar-refractivity contribution is 5.94. The van der Waals surface area contributed by atoms with Crippen molar-refractivity contribution in [3.63, 3.8) is 0 Å². The molecular weight excluding hydrogens is 312 g/mol. The number of carbonyl (C=O) groups is 1. The van der Waals surface area contributed by atoms with Gasteiger partial charge < -0.3 is 15.5 Å². The summed E-state index contributed by atoms with van der Waals surface area (Å²) >= 11 is 0. The number of amides is 1. The van der Waals surface area contributed by atoms with E-state index in [1.165, 1.54) is 5.56 Å². The summed E-state index contributed by atoms with van der Waals surface area (Å²) < 4.78 is 0.